The van der Waals surface area contributed by atoms with E-state index in [1.165, 1.54) is 12.1 Å². The van der Waals surface area contributed by atoms with E-state index in [0.29, 0.717) is 5.56 Å². The van der Waals surface area contributed by atoms with Gasteiger partial charge in [0.2, 0.25) is 0 Å². The van der Waals surface area contributed by atoms with Crippen LogP contribution in [-0.4, -0.2) is 28.9 Å². The van der Waals surface area contributed by atoms with Gasteiger partial charge in [0, 0.05) is 30.8 Å². The van der Waals surface area contributed by atoms with Gasteiger partial charge >= 0.3 is 0 Å². The highest BCUT2D eigenvalue weighted by Crippen LogP contribution is 2.30. The van der Waals surface area contributed by atoms with Crippen LogP contribution in [0.15, 0.2) is 48.5 Å². The summed E-state index contributed by atoms with van der Waals surface area (Å²) in [5, 5.41) is 13.8. The fourth-order valence-corrected chi connectivity index (χ4v) is 3.59. The topological polar surface area (TPSA) is 70.9 Å². The number of benzene rings is 2. The van der Waals surface area contributed by atoms with E-state index < -0.39 is 5.82 Å². The molecule has 0 radical (unpaired) electrons. The Morgan fingerprint density at radius 2 is 1.96 bits per heavy atom. The molecule has 0 aliphatic carbocycles. The minimum atomic E-state index is -0.529. The lowest BCUT2D eigenvalue weighted by Crippen LogP contribution is -2.43. The summed E-state index contributed by atoms with van der Waals surface area (Å²) in [5.41, 5.74) is 9.69. The molecule has 0 spiro atoms. The Balaban J connectivity index is 1.82. The first-order valence-electron chi connectivity index (χ1n) is 9.43. The molecule has 1 fully saturated rings. The first-order valence-corrected chi connectivity index (χ1v) is 9.43. The highest BCUT2D eigenvalue weighted by Gasteiger charge is 2.22. The van der Waals surface area contributed by atoms with Crippen LogP contribution in [0.4, 0.5) is 10.2 Å². The van der Waals surface area contributed by atoms with Crippen molar-refractivity contribution in [1.29, 1.82) is 5.26 Å². The fourth-order valence-electron chi connectivity index (χ4n) is 3.59. The molecule has 1 atom stereocenters. The van der Waals surface area contributed by atoms with Crippen molar-refractivity contribution in [3.8, 4) is 23.0 Å². The maximum atomic E-state index is 14.3. The lowest BCUT2D eigenvalue weighted by Gasteiger charge is -2.30. The number of piperidine rings is 1. The number of rotatable bonds is 3. The van der Waals surface area contributed by atoms with Gasteiger partial charge in [-0.2, -0.15) is 5.26 Å². The molecule has 1 aromatic heterocycles. The van der Waals surface area contributed by atoms with Crippen LogP contribution in [0.1, 0.15) is 24.0 Å². The Morgan fingerprint density at radius 3 is 2.64 bits per heavy atom. The highest BCUT2D eigenvalue weighted by molar-refractivity contribution is 5.67. The molecule has 4 rings (SSSR count). The standard InChI is InChI=1S/C22H22FN5/c1-15-4-8-19(9-5-15)28-21(16-6-7-17(13-24)20(23)11-16)12-22(26-28)27-10-2-3-18(25)14-27/h4-9,11-12,18H,2-3,10,14,25H2,1H3/t18-/m1/s1. The Labute approximate surface area is 163 Å². The third kappa shape index (κ3) is 3.49. The first-order chi connectivity index (χ1) is 13.5. The van der Waals surface area contributed by atoms with Crippen molar-refractivity contribution < 1.29 is 4.39 Å². The average Bonchev–Trinajstić information content (AvgIpc) is 3.14. The fraction of sp³-hybridized carbons (Fsp3) is 0.273. The second kappa shape index (κ2) is 7.45. The van der Waals surface area contributed by atoms with Crippen molar-refractivity contribution >= 4 is 5.82 Å². The lowest BCUT2D eigenvalue weighted by atomic mass is 10.1. The van der Waals surface area contributed by atoms with Crippen LogP contribution in [0.5, 0.6) is 0 Å². The van der Waals surface area contributed by atoms with Gasteiger partial charge < -0.3 is 10.6 Å². The number of anilines is 1. The zero-order chi connectivity index (χ0) is 19.7. The zero-order valence-electron chi connectivity index (χ0n) is 15.8. The maximum absolute atomic E-state index is 14.3. The summed E-state index contributed by atoms with van der Waals surface area (Å²) in [7, 11) is 0. The molecule has 2 aromatic carbocycles. The van der Waals surface area contributed by atoms with Crippen molar-refractivity contribution in [2.24, 2.45) is 5.73 Å². The third-order valence-electron chi connectivity index (χ3n) is 5.14. The van der Waals surface area contributed by atoms with Crippen molar-refractivity contribution in [3.05, 3.63) is 65.5 Å². The Bertz CT molecular complexity index is 1030. The SMILES string of the molecule is Cc1ccc(-n2nc(N3CCC[C@@H](N)C3)cc2-c2ccc(C#N)c(F)c2)cc1. The Kier molecular flexibility index (Phi) is 4.84. The number of hydrogen-bond acceptors (Lipinski definition) is 4. The Morgan fingerprint density at radius 1 is 1.18 bits per heavy atom. The van der Waals surface area contributed by atoms with Crippen LogP contribution < -0.4 is 10.6 Å². The molecule has 0 bridgehead atoms. The predicted octanol–water partition coefficient (Wildman–Crippen LogP) is 3.79. The van der Waals surface area contributed by atoms with E-state index in [2.05, 4.69) is 4.90 Å². The third-order valence-corrected chi connectivity index (χ3v) is 5.14. The van der Waals surface area contributed by atoms with E-state index in [1.807, 2.05) is 48.0 Å². The van der Waals surface area contributed by atoms with Gasteiger partial charge in [-0.1, -0.05) is 23.8 Å². The van der Waals surface area contributed by atoms with E-state index in [1.54, 1.807) is 6.07 Å². The Hall–Kier alpha value is -3.17. The van der Waals surface area contributed by atoms with E-state index in [-0.39, 0.29) is 11.6 Å². The first kappa shape index (κ1) is 18.2. The molecule has 5 nitrogen and oxygen atoms in total. The van der Waals surface area contributed by atoms with E-state index in [4.69, 9.17) is 16.1 Å². The van der Waals surface area contributed by atoms with Crippen molar-refractivity contribution in [1.82, 2.24) is 9.78 Å². The molecule has 0 amide bonds. The number of nitrogens with zero attached hydrogens (tertiary/aromatic N) is 4. The van der Waals surface area contributed by atoms with Gasteiger partial charge in [0.1, 0.15) is 11.9 Å². The van der Waals surface area contributed by atoms with Gasteiger partial charge in [-0.15, -0.1) is 5.10 Å². The van der Waals surface area contributed by atoms with E-state index in [9.17, 15) is 4.39 Å². The number of nitrogens with two attached hydrogens (primary N) is 1. The number of aryl methyl sites for hydroxylation is 1. The molecule has 0 unspecified atom stereocenters. The van der Waals surface area contributed by atoms with Crippen LogP contribution in [-0.2, 0) is 0 Å². The quantitative estimate of drug-likeness (QED) is 0.756. The molecule has 1 saturated heterocycles. The van der Waals surface area contributed by atoms with E-state index >= 15 is 0 Å². The molecule has 3 aromatic rings. The summed E-state index contributed by atoms with van der Waals surface area (Å²) >= 11 is 0. The summed E-state index contributed by atoms with van der Waals surface area (Å²) in [6.45, 7) is 3.69. The summed E-state index contributed by atoms with van der Waals surface area (Å²) in [5.74, 6) is 0.300. The second-order valence-electron chi connectivity index (χ2n) is 7.29. The second-order valence-corrected chi connectivity index (χ2v) is 7.29. The lowest BCUT2D eigenvalue weighted by molar-refractivity contribution is 0.502. The van der Waals surface area contributed by atoms with Crippen molar-refractivity contribution in [2.75, 3.05) is 18.0 Å². The molecule has 6 heteroatoms. The monoisotopic (exact) mass is 375 g/mol. The molecular weight excluding hydrogens is 353 g/mol. The molecular formula is C22H22FN5. The summed E-state index contributed by atoms with van der Waals surface area (Å²) in [6.07, 6.45) is 2.04. The maximum Gasteiger partial charge on any atom is 0.151 e. The van der Waals surface area contributed by atoms with Gasteiger partial charge in [-0.3, -0.25) is 0 Å². The van der Waals surface area contributed by atoms with Crippen LogP contribution in [0.25, 0.3) is 16.9 Å². The number of aromatic nitrogens is 2. The number of hydrogen-bond donors (Lipinski definition) is 1. The molecule has 2 heterocycles. The largest absolute Gasteiger partial charge is 0.354 e. The smallest absolute Gasteiger partial charge is 0.151 e. The van der Waals surface area contributed by atoms with Crippen molar-refractivity contribution in [2.45, 2.75) is 25.8 Å². The zero-order valence-corrected chi connectivity index (χ0v) is 15.8. The van der Waals surface area contributed by atoms with Crippen LogP contribution in [0.3, 0.4) is 0 Å². The number of nitriles is 1. The van der Waals surface area contributed by atoms with Gasteiger partial charge in [-0.05, 0) is 44.0 Å². The number of halogens is 1. The molecule has 1 aliphatic heterocycles. The normalized spacial score (nSPS) is 16.8. The summed E-state index contributed by atoms with van der Waals surface area (Å²) < 4.78 is 16.1. The molecule has 0 saturated carbocycles. The van der Waals surface area contributed by atoms with E-state index in [0.717, 1.165) is 48.7 Å². The van der Waals surface area contributed by atoms with Gasteiger partial charge in [0.25, 0.3) is 0 Å². The summed E-state index contributed by atoms with van der Waals surface area (Å²) in [4.78, 5) is 2.18. The molecule has 28 heavy (non-hydrogen) atoms. The average molecular weight is 375 g/mol. The van der Waals surface area contributed by atoms with Crippen molar-refractivity contribution in [3.63, 3.8) is 0 Å². The van der Waals surface area contributed by atoms with Crippen LogP contribution in [0.2, 0.25) is 0 Å². The minimum absolute atomic E-state index is 0.0346. The van der Waals surface area contributed by atoms with Gasteiger partial charge in [0.15, 0.2) is 5.82 Å². The molecule has 2 N–H and O–H groups in total. The molecule has 142 valence electrons. The van der Waals surface area contributed by atoms with Gasteiger partial charge in [0.05, 0.1) is 16.9 Å². The van der Waals surface area contributed by atoms with Crippen LogP contribution in [0, 0.1) is 24.1 Å². The predicted molar refractivity (Wildman–Crippen MR) is 108 cm³/mol. The molecule has 1 aliphatic rings. The summed E-state index contributed by atoms with van der Waals surface area (Å²) in [6, 6.07) is 16.7. The van der Waals surface area contributed by atoms with Crippen LogP contribution >= 0.6 is 0 Å². The highest BCUT2D eigenvalue weighted by atomic mass is 19.1. The van der Waals surface area contributed by atoms with Gasteiger partial charge in [-0.25, -0.2) is 9.07 Å². The minimum Gasteiger partial charge on any atom is -0.354 e.